The average Bonchev–Trinajstić information content (AvgIpc) is 3.58. The van der Waals surface area contributed by atoms with E-state index >= 15 is 0 Å². The number of hydrogen-bond donors (Lipinski definition) is 4. The van der Waals surface area contributed by atoms with E-state index in [9.17, 15) is 24.6 Å². The zero-order valence-corrected chi connectivity index (χ0v) is 23.1. The lowest BCUT2D eigenvalue weighted by Gasteiger charge is -2.31. The summed E-state index contributed by atoms with van der Waals surface area (Å²) in [6, 6.07) is 0.0762. The van der Waals surface area contributed by atoms with Crippen LogP contribution in [0.2, 0.25) is 0 Å². The second-order valence-corrected chi connectivity index (χ2v) is 11.2. The molecule has 15 nitrogen and oxygen atoms in total. The smallest absolute Gasteiger partial charge is 0.409 e. The average molecular weight is 575 g/mol. The Morgan fingerprint density at radius 3 is 2.61 bits per heavy atom. The van der Waals surface area contributed by atoms with Gasteiger partial charge in [0.15, 0.2) is 17.6 Å². The minimum Gasteiger partial charge on any atom is -0.449 e. The van der Waals surface area contributed by atoms with Crippen molar-refractivity contribution in [3.05, 3.63) is 12.2 Å². The molecule has 5 N–H and O–H groups in total. The van der Waals surface area contributed by atoms with Crippen LogP contribution in [0.3, 0.4) is 0 Å². The normalized spacial score (nSPS) is 21.3. The Morgan fingerprint density at radius 1 is 1.20 bits per heavy atom. The third-order valence-electron chi connectivity index (χ3n) is 7.86. The largest absolute Gasteiger partial charge is 0.449 e. The van der Waals surface area contributed by atoms with E-state index in [1.54, 1.807) is 21.4 Å². The van der Waals surface area contributed by atoms with Gasteiger partial charge in [0, 0.05) is 51.5 Å². The Hall–Kier alpha value is -3.56. The number of amides is 3. The molecule has 2 aliphatic heterocycles. The number of nitrogens with one attached hydrogen (secondary N) is 1. The van der Waals surface area contributed by atoms with Gasteiger partial charge in [-0.15, -0.1) is 0 Å². The Bertz CT molecular complexity index is 1260. The monoisotopic (exact) mass is 574 g/mol. The van der Waals surface area contributed by atoms with Crippen LogP contribution in [0.25, 0.3) is 11.2 Å². The predicted octanol–water partition coefficient (Wildman–Crippen LogP) is -0.748. The van der Waals surface area contributed by atoms with E-state index in [2.05, 4.69) is 20.3 Å². The van der Waals surface area contributed by atoms with Crippen molar-refractivity contribution in [1.29, 1.82) is 0 Å². The first-order chi connectivity index (χ1) is 19.7. The first-order valence-corrected chi connectivity index (χ1v) is 14.1. The summed E-state index contributed by atoms with van der Waals surface area (Å²) in [5, 5.41) is 22.3. The minimum atomic E-state index is -1.38. The maximum Gasteiger partial charge on any atom is 0.409 e. The highest BCUT2D eigenvalue weighted by atomic mass is 16.6. The van der Waals surface area contributed by atoms with E-state index in [4.69, 9.17) is 15.2 Å². The van der Waals surface area contributed by atoms with Crippen molar-refractivity contribution in [1.82, 2.24) is 34.6 Å². The van der Waals surface area contributed by atoms with Gasteiger partial charge < -0.3 is 40.5 Å². The third-order valence-corrected chi connectivity index (χ3v) is 7.86. The van der Waals surface area contributed by atoms with Crippen LogP contribution in [0.1, 0.15) is 37.9 Å². The fourth-order valence-electron chi connectivity index (χ4n) is 5.25. The number of nitrogen functional groups attached to an aromatic ring is 1. The number of nitrogens with two attached hydrogens (primary N) is 1. The van der Waals surface area contributed by atoms with Gasteiger partial charge in [-0.1, -0.05) is 0 Å². The molecule has 3 aliphatic rings. The highest BCUT2D eigenvalue weighted by molar-refractivity contribution is 5.82. The van der Waals surface area contributed by atoms with Crippen molar-refractivity contribution in [2.24, 2.45) is 11.8 Å². The molecule has 2 aromatic heterocycles. The van der Waals surface area contributed by atoms with E-state index in [1.165, 1.54) is 6.33 Å². The van der Waals surface area contributed by atoms with Gasteiger partial charge >= 0.3 is 6.09 Å². The number of likely N-dealkylation sites (tertiary alicyclic amines) is 2. The molecule has 2 unspecified atom stereocenters. The van der Waals surface area contributed by atoms with Crippen LogP contribution >= 0.6 is 0 Å². The number of nitrogens with zero attached hydrogens (tertiary/aromatic N) is 6. The molecule has 4 heterocycles. The van der Waals surface area contributed by atoms with E-state index in [0.717, 1.165) is 25.7 Å². The van der Waals surface area contributed by atoms with Gasteiger partial charge in [-0.05, 0) is 31.6 Å². The van der Waals surface area contributed by atoms with Crippen molar-refractivity contribution < 1.29 is 34.1 Å². The number of fused-ring (bicyclic) bond motifs is 1. The zero-order chi connectivity index (χ0) is 29.1. The van der Waals surface area contributed by atoms with Gasteiger partial charge in [0.2, 0.25) is 5.91 Å². The summed E-state index contributed by atoms with van der Waals surface area (Å²) in [7, 11) is 1.75. The van der Waals surface area contributed by atoms with E-state index in [-0.39, 0.29) is 49.0 Å². The Labute approximate surface area is 237 Å². The van der Waals surface area contributed by atoms with Gasteiger partial charge in [0.1, 0.15) is 24.2 Å². The van der Waals surface area contributed by atoms with Gasteiger partial charge in [-0.25, -0.2) is 19.7 Å². The predicted molar refractivity (Wildman–Crippen MR) is 144 cm³/mol. The molecule has 15 heteroatoms. The molecule has 224 valence electrons. The quantitative estimate of drug-likeness (QED) is 0.263. The number of anilines is 1. The minimum absolute atomic E-state index is 0.0378. The number of imidazole rings is 1. The number of aliphatic hydroxyl groups is 2. The van der Waals surface area contributed by atoms with Gasteiger partial charge in [0.05, 0.1) is 19.5 Å². The molecule has 0 spiro atoms. The lowest BCUT2D eigenvalue weighted by molar-refractivity contribution is -0.147. The summed E-state index contributed by atoms with van der Waals surface area (Å²) >= 11 is 0. The second-order valence-electron chi connectivity index (χ2n) is 11.2. The van der Waals surface area contributed by atoms with Crippen molar-refractivity contribution in [3.63, 3.8) is 0 Å². The molecule has 1 saturated carbocycles. The second kappa shape index (κ2) is 12.5. The summed E-state index contributed by atoms with van der Waals surface area (Å²) in [4.78, 5) is 53.4. The van der Waals surface area contributed by atoms with Crippen molar-refractivity contribution in [2.45, 2.75) is 63.5 Å². The van der Waals surface area contributed by atoms with Crippen molar-refractivity contribution in [3.8, 4) is 0 Å². The summed E-state index contributed by atoms with van der Waals surface area (Å²) in [6.45, 7) is 1.18. The third kappa shape index (κ3) is 7.02. The number of carbonyl (C=O) groups is 3. The molecule has 3 atom stereocenters. The number of hydrogen-bond acceptors (Lipinski definition) is 11. The topological polar surface area (TPSA) is 198 Å². The Balaban J connectivity index is 1.15. The maximum absolute atomic E-state index is 12.5. The number of carbonyl (C=O) groups excluding carboxylic acids is 3. The summed E-state index contributed by atoms with van der Waals surface area (Å²) < 4.78 is 12.7. The summed E-state index contributed by atoms with van der Waals surface area (Å²) in [6.07, 6.45) is 2.71. The Kier molecular flexibility index (Phi) is 8.85. The summed E-state index contributed by atoms with van der Waals surface area (Å²) in [5.74, 6) is 0.621. The molecule has 0 aromatic carbocycles. The molecule has 41 heavy (non-hydrogen) atoms. The van der Waals surface area contributed by atoms with Gasteiger partial charge in [-0.2, -0.15) is 0 Å². The van der Waals surface area contributed by atoms with Crippen LogP contribution in [0.4, 0.5) is 10.6 Å². The molecular weight excluding hydrogens is 536 g/mol. The lowest BCUT2D eigenvalue weighted by Crippen LogP contribution is -2.46. The maximum atomic E-state index is 12.5. The molecule has 2 saturated heterocycles. The number of piperidine rings is 1. The van der Waals surface area contributed by atoms with Crippen molar-refractivity contribution in [2.75, 3.05) is 45.6 Å². The number of aliphatic hydroxyl groups excluding tert-OH is 2. The SMILES string of the molecule is CN1CC(COC(=O)N2CCC(Cc3nc(N)c4ncn(CO[C@H](C(=O)NC5CC5)C(O)CO)c4n3)CC2)CC1=O. The molecule has 2 aromatic rings. The van der Waals surface area contributed by atoms with Gasteiger partial charge in [0.25, 0.3) is 5.91 Å². The molecule has 3 fully saturated rings. The van der Waals surface area contributed by atoms with Crippen LogP contribution in [-0.2, 0) is 32.2 Å². The zero-order valence-electron chi connectivity index (χ0n) is 23.1. The van der Waals surface area contributed by atoms with E-state index in [1.807, 2.05) is 0 Å². The van der Waals surface area contributed by atoms with Crippen LogP contribution < -0.4 is 11.1 Å². The lowest BCUT2D eigenvalue weighted by atomic mass is 9.93. The van der Waals surface area contributed by atoms with Crippen LogP contribution in [0.5, 0.6) is 0 Å². The fraction of sp³-hybridized carbons (Fsp3) is 0.692. The molecule has 5 rings (SSSR count). The number of ether oxygens (including phenoxy) is 2. The first-order valence-electron chi connectivity index (χ1n) is 14.1. The van der Waals surface area contributed by atoms with E-state index in [0.29, 0.717) is 49.5 Å². The fourth-order valence-corrected chi connectivity index (χ4v) is 5.25. The number of rotatable bonds is 11. The molecular formula is C26H38N8O7. The van der Waals surface area contributed by atoms with E-state index < -0.39 is 24.7 Å². The van der Waals surface area contributed by atoms with Gasteiger partial charge in [-0.3, -0.25) is 14.2 Å². The highest BCUT2D eigenvalue weighted by Gasteiger charge is 2.33. The Morgan fingerprint density at radius 2 is 1.95 bits per heavy atom. The van der Waals surface area contributed by atoms with Crippen LogP contribution in [0.15, 0.2) is 6.33 Å². The first kappa shape index (κ1) is 29.0. The van der Waals surface area contributed by atoms with Crippen molar-refractivity contribution >= 4 is 34.9 Å². The molecule has 1 aliphatic carbocycles. The molecule has 0 bridgehead atoms. The standard InChI is InChI=1S/C26H38N8O7/c1-32-10-16(9-20(32)37)12-40-26(39)33-6-4-15(5-7-33)8-19-30-23(27)21-24(31-19)34(13-28-21)14-41-22(18(36)11-35)25(38)29-17-2-3-17/h13,15-18,22,35-36H,2-12,14H2,1H3,(H,29,38)(H2,27,30,31)/t16?,18?,22-/m0/s1. The van der Waals surface area contributed by atoms with Crippen LogP contribution in [0, 0.1) is 11.8 Å². The molecule has 0 radical (unpaired) electrons. The summed E-state index contributed by atoms with van der Waals surface area (Å²) in [5.41, 5.74) is 7.01. The number of aromatic nitrogens is 4. The van der Waals surface area contributed by atoms with Crippen LogP contribution in [-0.4, -0.2) is 116 Å². The molecule has 3 amide bonds. The highest BCUT2D eigenvalue weighted by Crippen LogP contribution is 2.24.